The van der Waals surface area contributed by atoms with Crippen molar-refractivity contribution < 1.29 is 19.1 Å². The molecule has 0 aromatic carbocycles. The zero-order valence-corrected chi connectivity index (χ0v) is 7.20. The third kappa shape index (κ3) is 15.8. The first-order valence-corrected chi connectivity index (χ1v) is 3.55. The second-order valence-electron chi connectivity index (χ2n) is 1.65. The Kier molecular flexibility index (Phi) is 13.5. The standard InChI is InChI=1S/C7H12O2.CO2/c1-3-5-6-7(8)9-4-2;2-1-3/h5-6H,3-4H2,1-2H3;/b6-5+;. The van der Waals surface area contributed by atoms with Crippen LogP contribution in [0.25, 0.3) is 0 Å². The van der Waals surface area contributed by atoms with E-state index in [1.54, 1.807) is 13.0 Å². The Labute approximate surface area is 71.2 Å². The molecule has 4 heteroatoms. The van der Waals surface area contributed by atoms with Crippen LogP contribution in [0.15, 0.2) is 12.2 Å². The van der Waals surface area contributed by atoms with Crippen LogP contribution in [0.3, 0.4) is 0 Å². The van der Waals surface area contributed by atoms with E-state index < -0.39 is 0 Å². The van der Waals surface area contributed by atoms with Crippen molar-refractivity contribution in [1.29, 1.82) is 0 Å². The van der Waals surface area contributed by atoms with Gasteiger partial charge < -0.3 is 4.74 Å². The molecule has 0 saturated carbocycles. The van der Waals surface area contributed by atoms with Gasteiger partial charge in [-0.3, -0.25) is 0 Å². The summed E-state index contributed by atoms with van der Waals surface area (Å²) in [5.41, 5.74) is 0. The first-order valence-electron chi connectivity index (χ1n) is 3.55. The third-order valence-corrected chi connectivity index (χ3v) is 0.776. The fraction of sp³-hybridized carbons (Fsp3) is 0.500. The molecule has 0 aromatic rings. The molecule has 0 amide bonds. The minimum Gasteiger partial charge on any atom is -0.463 e. The Bertz CT molecular complexity index is 166. The van der Waals surface area contributed by atoms with Gasteiger partial charge in [-0.25, -0.2) is 4.79 Å². The van der Waals surface area contributed by atoms with Gasteiger partial charge >= 0.3 is 12.1 Å². The van der Waals surface area contributed by atoms with Crippen LogP contribution in [0.2, 0.25) is 0 Å². The number of hydrogen-bond donors (Lipinski definition) is 0. The van der Waals surface area contributed by atoms with E-state index in [2.05, 4.69) is 4.74 Å². The maximum Gasteiger partial charge on any atom is 0.373 e. The molecule has 0 rings (SSSR count). The lowest BCUT2D eigenvalue weighted by atomic mass is 10.4. The third-order valence-electron chi connectivity index (χ3n) is 0.776. The van der Waals surface area contributed by atoms with Gasteiger partial charge in [0.1, 0.15) is 0 Å². The average Bonchev–Trinajstić information content (AvgIpc) is 2.03. The number of hydrogen-bond acceptors (Lipinski definition) is 4. The summed E-state index contributed by atoms with van der Waals surface area (Å²) < 4.78 is 4.62. The van der Waals surface area contributed by atoms with Crippen LogP contribution in [0.4, 0.5) is 0 Å². The van der Waals surface area contributed by atoms with Crippen molar-refractivity contribution in [1.82, 2.24) is 0 Å². The van der Waals surface area contributed by atoms with Crippen molar-refractivity contribution >= 4 is 12.1 Å². The number of rotatable bonds is 3. The monoisotopic (exact) mass is 172 g/mol. The normalized spacial score (nSPS) is 8.17. The van der Waals surface area contributed by atoms with Gasteiger partial charge in [-0.1, -0.05) is 13.0 Å². The molecule has 0 aromatic heterocycles. The smallest absolute Gasteiger partial charge is 0.373 e. The fourth-order valence-electron chi connectivity index (χ4n) is 0.404. The summed E-state index contributed by atoms with van der Waals surface area (Å²) >= 11 is 0. The van der Waals surface area contributed by atoms with Gasteiger partial charge in [-0.05, 0) is 13.3 Å². The molecule has 0 aliphatic carbocycles. The van der Waals surface area contributed by atoms with Gasteiger partial charge in [0, 0.05) is 6.08 Å². The van der Waals surface area contributed by atoms with Crippen LogP contribution in [-0.2, 0) is 19.1 Å². The molecule has 12 heavy (non-hydrogen) atoms. The number of ether oxygens (including phenoxy) is 1. The first-order chi connectivity index (χ1) is 5.72. The van der Waals surface area contributed by atoms with E-state index in [0.717, 1.165) is 6.42 Å². The van der Waals surface area contributed by atoms with Gasteiger partial charge in [-0.15, -0.1) is 0 Å². The Hall–Kier alpha value is -1.41. The van der Waals surface area contributed by atoms with Gasteiger partial charge in [0.2, 0.25) is 0 Å². The molecule has 0 atom stereocenters. The molecule has 0 N–H and O–H groups in total. The number of carbonyl (C=O) groups excluding carboxylic acids is 3. The number of allylic oxidation sites excluding steroid dienone is 1. The minimum atomic E-state index is -0.251. The highest BCUT2D eigenvalue weighted by Gasteiger charge is 1.89. The van der Waals surface area contributed by atoms with Crippen molar-refractivity contribution in [3.63, 3.8) is 0 Å². The highest BCUT2D eigenvalue weighted by atomic mass is 16.5. The first kappa shape index (κ1) is 13.2. The lowest BCUT2D eigenvalue weighted by Gasteiger charge is -1.92. The van der Waals surface area contributed by atoms with Crippen LogP contribution in [0.1, 0.15) is 20.3 Å². The van der Waals surface area contributed by atoms with E-state index in [1.165, 1.54) is 6.08 Å². The van der Waals surface area contributed by atoms with E-state index in [9.17, 15) is 4.79 Å². The summed E-state index contributed by atoms with van der Waals surface area (Å²) in [5.74, 6) is -0.251. The van der Waals surface area contributed by atoms with Gasteiger partial charge in [0.05, 0.1) is 6.61 Å². The van der Waals surface area contributed by atoms with E-state index in [-0.39, 0.29) is 12.1 Å². The minimum absolute atomic E-state index is 0.250. The van der Waals surface area contributed by atoms with Crippen LogP contribution in [0.5, 0.6) is 0 Å². The van der Waals surface area contributed by atoms with Crippen LogP contribution < -0.4 is 0 Å². The summed E-state index contributed by atoms with van der Waals surface area (Å²) in [5, 5.41) is 0. The lowest BCUT2D eigenvalue weighted by molar-refractivity contribution is -0.191. The second-order valence-corrected chi connectivity index (χ2v) is 1.65. The van der Waals surface area contributed by atoms with Gasteiger partial charge in [0.15, 0.2) is 0 Å². The molecule has 0 bridgehead atoms. The second kappa shape index (κ2) is 12.3. The molecular weight excluding hydrogens is 160 g/mol. The molecule has 68 valence electrons. The zero-order chi connectivity index (χ0) is 9.82. The van der Waals surface area contributed by atoms with Crippen LogP contribution in [-0.4, -0.2) is 18.7 Å². The molecule has 4 nitrogen and oxygen atoms in total. The highest BCUT2D eigenvalue weighted by Crippen LogP contribution is 1.83. The Morgan fingerprint density at radius 2 is 1.92 bits per heavy atom. The maximum atomic E-state index is 10.5. The SMILES string of the molecule is CC/C=C/C(=O)OCC.O=C=O. The summed E-state index contributed by atoms with van der Waals surface area (Å²) in [7, 11) is 0. The van der Waals surface area contributed by atoms with E-state index in [4.69, 9.17) is 9.59 Å². The molecule has 0 aliphatic rings. The molecule has 0 aliphatic heterocycles. The molecular formula is C8H12O4. The van der Waals surface area contributed by atoms with Crippen molar-refractivity contribution in [2.75, 3.05) is 6.61 Å². The van der Waals surface area contributed by atoms with Crippen molar-refractivity contribution in [3.8, 4) is 0 Å². The summed E-state index contributed by atoms with van der Waals surface area (Å²) in [6.07, 6.45) is 4.35. The van der Waals surface area contributed by atoms with Crippen LogP contribution in [0, 0.1) is 0 Å². The van der Waals surface area contributed by atoms with Gasteiger partial charge in [-0.2, -0.15) is 9.59 Å². The maximum absolute atomic E-state index is 10.5. The fourth-order valence-corrected chi connectivity index (χ4v) is 0.404. The van der Waals surface area contributed by atoms with Gasteiger partial charge in [0.25, 0.3) is 0 Å². The predicted molar refractivity (Wildman–Crippen MR) is 41.1 cm³/mol. The molecule has 0 saturated heterocycles. The van der Waals surface area contributed by atoms with E-state index in [0.29, 0.717) is 6.61 Å². The lowest BCUT2D eigenvalue weighted by Crippen LogP contribution is -1.98. The van der Waals surface area contributed by atoms with Crippen molar-refractivity contribution in [2.24, 2.45) is 0 Å². The zero-order valence-electron chi connectivity index (χ0n) is 7.20. The van der Waals surface area contributed by atoms with Crippen molar-refractivity contribution in [3.05, 3.63) is 12.2 Å². The number of carbonyl (C=O) groups is 1. The summed E-state index contributed by atoms with van der Waals surface area (Å²) in [4.78, 5) is 26.7. The molecule has 0 spiro atoms. The Balaban J connectivity index is 0. The predicted octanol–water partition coefficient (Wildman–Crippen LogP) is 0.932. The van der Waals surface area contributed by atoms with Crippen molar-refractivity contribution in [2.45, 2.75) is 20.3 Å². The molecule has 0 heterocycles. The quantitative estimate of drug-likeness (QED) is 0.469. The number of esters is 1. The Morgan fingerprint density at radius 3 is 2.25 bits per heavy atom. The molecule has 0 fully saturated rings. The molecule has 0 radical (unpaired) electrons. The largest absolute Gasteiger partial charge is 0.463 e. The highest BCUT2D eigenvalue weighted by molar-refractivity contribution is 5.81. The average molecular weight is 172 g/mol. The molecule has 0 unspecified atom stereocenters. The topological polar surface area (TPSA) is 60.4 Å². The van der Waals surface area contributed by atoms with Crippen LogP contribution >= 0.6 is 0 Å². The summed E-state index contributed by atoms with van der Waals surface area (Å²) in [6.45, 7) is 4.21. The van der Waals surface area contributed by atoms with E-state index >= 15 is 0 Å². The summed E-state index contributed by atoms with van der Waals surface area (Å²) in [6, 6.07) is 0. The Morgan fingerprint density at radius 1 is 1.42 bits per heavy atom. The van der Waals surface area contributed by atoms with E-state index in [1.807, 2.05) is 6.92 Å².